The van der Waals surface area contributed by atoms with Gasteiger partial charge < -0.3 is 25.9 Å². The van der Waals surface area contributed by atoms with Gasteiger partial charge in [-0.3, -0.25) is 9.79 Å². The molecule has 0 atom stereocenters. The van der Waals surface area contributed by atoms with E-state index in [4.69, 9.17) is 22.1 Å². The third-order valence-electron chi connectivity index (χ3n) is 5.34. The number of aromatic hydroxyl groups is 1. The fraction of sp³-hybridized carbons (Fsp3) is 0.227. The summed E-state index contributed by atoms with van der Waals surface area (Å²) >= 11 is 6.01. The molecule has 12 nitrogen and oxygen atoms in total. The maximum atomic E-state index is 14.3. The van der Waals surface area contributed by atoms with E-state index in [9.17, 15) is 19.1 Å². The summed E-state index contributed by atoms with van der Waals surface area (Å²) in [4.78, 5) is 35.3. The van der Waals surface area contributed by atoms with E-state index in [2.05, 4.69) is 25.4 Å². The molecule has 0 amide bonds. The molecule has 186 valence electrons. The smallest absolute Gasteiger partial charge is 0.331 e. The number of H-pyrrole nitrogens is 1. The molecule has 0 aliphatic heterocycles. The number of fused-ring (bicyclic) bond motifs is 1. The second-order valence-corrected chi connectivity index (χ2v) is 8.47. The molecule has 1 aromatic carbocycles. The number of hydrogen-bond acceptors (Lipinski definition) is 9. The number of ether oxygens (including phenoxy) is 1. The number of hydrogen-bond donors (Lipinski definition) is 4. The molecule has 1 fully saturated rings. The van der Waals surface area contributed by atoms with Crippen LogP contribution >= 0.6 is 11.6 Å². The minimum atomic E-state index is -0.733. The lowest BCUT2D eigenvalue weighted by Crippen LogP contribution is -2.23. The molecule has 1 saturated carbocycles. The molecule has 5 rings (SSSR count). The van der Waals surface area contributed by atoms with Crippen molar-refractivity contribution in [3.63, 3.8) is 0 Å². The second kappa shape index (κ2) is 9.43. The Balaban J connectivity index is 1.60. The Bertz CT molecular complexity index is 1660. The summed E-state index contributed by atoms with van der Waals surface area (Å²) in [6, 6.07) is 5.92. The number of nitrogens with zero attached hydrogens (tertiary/aromatic N) is 5. The number of aromatic nitrogens is 5. The molecule has 4 aromatic rings. The lowest BCUT2D eigenvalue weighted by molar-refractivity contribution is -0.145. The lowest BCUT2D eigenvalue weighted by Gasteiger charge is -2.08. The fourth-order valence-corrected chi connectivity index (χ4v) is 3.57. The van der Waals surface area contributed by atoms with Crippen LogP contribution in [-0.4, -0.2) is 47.8 Å². The Morgan fingerprint density at radius 1 is 1.42 bits per heavy atom. The first-order valence-electron chi connectivity index (χ1n) is 10.9. The van der Waals surface area contributed by atoms with E-state index in [-0.39, 0.29) is 24.0 Å². The summed E-state index contributed by atoms with van der Waals surface area (Å²) in [5.41, 5.74) is 5.50. The normalized spacial score (nSPS) is 14.5. The first kappa shape index (κ1) is 23.5. The van der Waals surface area contributed by atoms with Crippen molar-refractivity contribution in [3.05, 3.63) is 68.2 Å². The summed E-state index contributed by atoms with van der Waals surface area (Å²) in [5.74, 6) is -1.41. The molecule has 3 heterocycles. The van der Waals surface area contributed by atoms with Crippen LogP contribution in [0.15, 0.2) is 40.2 Å². The highest BCUT2D eigenvalue weighted by molar-refractivity contribution is 6.30. The van der Waals surface area contributed by atoms with Gasteiger partial charge in [-0.25, -0.2) is 18.7 Å². The van der Waals surface area contributed by atoms with Crippen LogP contribution in [0.4, 0.5) is 15.9 Å². The third-order valence-corrected chi connectivity index (χ3v) is 5.57. The number of benzene rings is 1. The van der Waals surface area contributed by atoms with E-state index in [1.54, 1.807) is 6.07 Å². The molecular weight excluding hydrogens is 495 g/mol. The predicted molar refractivity (Wildman–Crippen MR) is 127 cm³/mol. The number of esters is 1. The minimum Gasteiger partial charge on any atom is -0.493 e. The Morgan fingerprint density at radius 2 is 2.22 bits per heavy atom. The quantitative estimate of drug-likeness (QED) is 0.259. The highest BCUT2D eigenvalue weighted by Crippen LogP contribution is 2.24. The summed E-state index contributed by atoms with van der Waals surface area (Å²) in [7, 11) is 0. The highest BCUT2D eigenvalue weighted by Gasteiger charge is 2.20. The predicted octanol–water partition coefficient (Wildman–Crippen LogP) is 0.531. The van der Waals surface area contributed by atoms with Gasteiger partial charge in [-0.05, 0) is 37.1 Å². The van der Waals surface area contributed by atoms with Gasteiger partial charge in [0.15, 0.2) is 17.9 Å². The standard InChI is InChI=1S/C22H20ClFN8O4/c23-12-1-4-14(24)15(6-12)28-17-7-18(27-13-2-3-13)32-20(30-17)11(9-26-32)5-16-21(34)31(22(35)29-16)10-36-19(33)8-25/h1,4-7,9,13,28,34H,2-3,8,10,25H2,(H,29,35)/b11-5+,27-18?. The molecule has 1 aliphatic rings. The molecular formula is C22H20ClFN8O4. The monoisotopic (exact) mass is 514 g/mol. The van der Waals surface area contributed by atoms with Crippen LogP contribution in [0.2, 0.25) is 5.02 Å². The summed E-state index contributed by atoms with van der Waals surface area (Å²) < 4.78 is 21.5. The van der Waals surface area contributed by atoms with Crippen molar-refractivity contribution >= 4 is 40.8 Å². The van der Waals surface area contributed by atoms with E-state index >= 15 is 0 Å². The number of anilines is 2. The number of imidazole rings is 1. The second-order valence-electron chi connectivity index (χ2n) is 8.03. The lowest BCUT2D eigenvalue weighted by atomic mass is 10.3. The zero-order chi connectivity index (χ0) is 25.4. The minimum absolute atomic E-state index is 0.0421. The average Bonchev–Trinajstić information content (AvgIpc) is 3.52. The first-order valence-corrected chi connectivity index (χ1v) is 11.2. The largest absolute Gasteiger partial charge is 0.493 e. The number of nitrogens with one attached hydrogen (secondary N) is 2. The van der Waals surface area contributed by atoms with Gasteiger partial charge in [0.2, 0.25) is 5.88 Å². The van der Waals surface area contributed by atoms with Crippen LogP contribution in [0, 0.1) is 5.82 Å². The van der Waals surface area contributed by atoms with Crippen LogP contribution in [0.3, 0.4) is 0 Å². The zero-order valence-corrected chi connectivity index (χ0v) is 19.4. The number of rotatable bonds is 7. The molecule has 0 bridgehead atoms. The van der Waals surface area contributed by atoms with Crippen LogP contribution in [0.1, 0.15) is 18.5 Å². The zero-order valence-electron chi connectivity index (χ0n) is 18.6. The topological polar surface area (TPSA) is 165 Å². The molecule has 0 spiro atoms. The van der Waals surface area contributed by atoms with E-state index in [0.29, 0.717) is 27.2 Å². The van der Waals surface area contributed by atoms with Crippen molar-refractivity contribution in [3.8, 4) is 5.88 Å². The highest BCUT2D eigenvalue weighted by atomic mass is 35.5. The van der Waals surface area contributed by atoms with Crippen molar-refractivity contribution in [2.24, 2.45) is 10.7 Å². The van der Waals surface area contributed by atoms with Gasteiger partial charge in [0, 0.05) is 16.3 Å². The Hall–Kier alpha value is -4.23. The molecule has 14 heteroatoms. The maximum absolute atomic E-state index is 14.3. The van der Waals surface area contributed by atoms with Crippen LogP contribution < -0.4 is 27.4 Å². The van der Waals surface area contributed by atoms with E-state index in [1.807, 2.05) is 0 Å². The van der Waals surface area contributed by atoms with Crippen molar-refractivity contribution < 1.29 is 19.0 Å². The molecule has 0 saturated heterocycles. The number of carbonyl (C=O) groups excluding carboxylic acids is 1. The number of halogens is 2. The Morgan fingerprint density at radius 3 is 2.97 bits per heavy atom. The summed E-state index contributed by atoms with van der Waals surface area (Å²) in [5, 5.41) is 18.5. The van der Waals surface area contributed by atoms with Crippen LogP contribution in [0.25, 0.3) is 11.7 Å². The van der Waals surface area contributed by atoms with Crippen LogP contribution in [0.5, 0.6) is 5.88 Å². The van der Waals surface area contributed by atoms with Crippen molar-refractivity contribution in [2.75, 3.05) is 11.9 Å². The van der Waals surface area contributed by atoms with E-state index in [0.717, 1.165) is 17.4 Å². The summed E-state index contributed by atoms with van der Waals surface area (Å²) in [6.07, 6.45) is 4.85. The number of carbonyl (C=O) groups is 1. The molecule has 1 aliphatic carbocycles. The van der Waals surface area contributed by atoms with Gasteiger partial charge in [-0.2, -0.15) is 9.61 Å². The van der Waals surface area contributed by atoms with Crippen molar-refractivity contribution in [1.82, 2.24) is 24.1 Å². The number of aromatic amines is 1. The average molecular weight is 515 g/mol. The molecule has 5 N–H and O–H groups in total. The van der Waals surface area contributed by atoms with Crippen molar-refractivity contribution in [1.29, 1.82) is 0 Å². The molecule has 0 unspecified atom stereocenters. The molecule has 3 aromatic heterocycles. The van der Waals surface area contributed by atoms with E-state index in [1.165, 1.54) is 35.0 Å². The third kappa shape index (κ3) is 4.78. The van der Waals surface area contributed by atoms with Gasteiger partial charge in [-0.1, -0.05) is 11.6 Å². The van der Waals surface area contributed by atoms with Gasteiger partial charge >= 0.3 is 11.7 Å². The Kier molecular flexibility index (Phi) is 6.16. The summed E-state index contributed by atoms with van der Waals surface area (Å²) in [6.45, 7) is -0.877. The SMILES string of the molecule is NCC(=O)OCn1c(O)c(/C=c2\cnn3c(=NC4CC4)cc(Nc4cc(Cl)ccc4F)nc23)[nH]c1=O. The van der Waals surface area contributed by atoms with Crippen molar-refractivity contribution in [2.45, 2.75) is 25.6 Å². The molecule has 0 radical (unpaired) electrons. The molecule has 36 heavy (non-hydrogen) atoms. The first-order chi connectivity index (χ1) is 17.3. The van der Waals surface area contributed by atoms with Gasteiger partial charge in [0.1, 0.15) is 17.3 Å². The van der Waals surface area contributed by atoms with Crippen LogP contribution in [-0.2, 0) is 16.3 Å². The number of nitrogens with two attached hydrogens (primary N) is 1. The van der Waals surface area contributed by atoms with Gasteiger partial charge in [-0.15, -0.1) is 0 Å². The Labute approximate surface area is 206 Å². The maximum Gasteiger partial charge on any atom is 0.331 e. The van der Waals surface area contributed by atoms with Gasteiger partial charge in [0.25, 0.3) is 0 Å². The van der Waals surface area contributed by atoms with Gasteiger partial charge in [0.05, 0.1) is 24.5 Å². The fourth-order valence-electron chi connectivity index (χ4n) is 3.40. The van der Waals surface area contributed by atoms with E-state index < -0.39 is 30.1 Å².